The summed E-state index contributed by atoms with van der Waals surface area (Å²) in [5.41, 5.74) is 0.639. The predicted molar refractivity (Wildman–Crippen MR) is 90.1 cm³/mol. The Morgan fingerprint density at radius 1 is 1.12 bits per heavy atom. The highest BCUT2D eigenvalue weighted by atomic mass is 19.4. The lowest BCUT2D eigenvalue weighted by molar-refractivity contribution is -0.115. The molecule has 1 heterocycles. The van der Waals surface area contributed by atoms with Gasteiger partial charge in [0.25, 0.3) is 5.91 Å². The molecule has 0 bridgehead atoms. The van der Waals surface area contributed by atoms with Crippen LogP contribution in [0.25, 0.3) is 0 Å². The summed E-state index contributed by atoms with van der Waals surface area (Å²) in [7, 11) is 0. The third-order valence-corrected chi connectivity index (χ3v) is 3.38. The SMILES string of the molecule is Cc1cc(C(=O)NCC(=O)Nc2ccccc2NCC(F)(F)F)c(C)o1. The van der Waals surface area contributed by atoms with E-state index in [0.717, 1.165) is 0 Å². The van der Waals surface area contributed by atoms with Crippen LogP contribution in [0.3, 0.4) is 0 Å². The molecule has 26 heavy (non-hydrogen) atoms. The lowest BCUT2D eigenvalue weighted by Gasteiger charge is -2.14. The summed E-state index contributed by atoms with van der Waals surface area (Å²) in [4.78, 5) is 24.0. The highest BCUT2D eigenvalue weighted by molar-refractivity contribution is 6.00. The van der Waals surface area contributed by atoms with E-state index in [4.69, 9.17) is 4.42 Å². The van der Waals surface area contributed by atoms with Gasteiger partial charge in [0.1, 0.15) is 18.1 Å². The van der Waals surface area contributed by atoms with Crippen molar-refractivity contribution in [1.29, 1.82) is 0 Å². The Labute approximate surface area is 147 Å². The van der Waals surface area contributed by atoms with Crippen LogP contribution >= 0.6 is 0 Å². The lowest BCUT2D eigenvalue weighted by atomic mass is 10.2. The number of anilines is 2. The van der Waals surface area contributed by atoms with Crippen molar-refractivity contribution in [3.05, 3.63) is 47.4 Å². The average Bonchev–Trinajstić information content (AvgIpc) is 2.89. The summed E-state index contributed by atoms with van der Waals surface area (Å²) in [6, 6.07) is 7.54. The molecule has 0 fully saturated rings. The van der Waals surface area contributed by atoms with E-state index >= 15 is 0 Å². The molecule has 0 saturated heterocycles. The Morgan fingerprint density at radius 2 is 1.77 bits per heavy atom. The van der Waals surface area contributed by atoms with Gasteiger partial charge in [-0.2, -0.15) is 13.2 Å². The minimum Gasteiger partial charge on any atom is -0.466 e. The maximum atomic E-state index is 12.3. The summed E-state index contributed by atoms with van der Waals surface area (Å²) in [6.45, 7) is 1.76. The van der Waals surface area contributed by atoms with Crippen molar-refractivity contribution in [3.63, 3.8) is 0 Å². The van der Waals surface area contributed by atoms with Gasteiger partial charge in [-0.25, -0.2) is 0 Å². The molecule has 2 aromatic rings. The smallest absolute Gasteiger partial charge is 0.405 e. The molecule has 0 aliphatic heterocycles. The van der Waals surface area contributed by atoms with E-state index in [0.29, 0.717) is 17.1 Å². The molecule has 0 spiro atoms. The predicted octanol–water partition coefficient (Wildman–Crippen LogP) is 3.24. The van der Waals surface area contributed by atoms with Crippen molar-refractivity contribution in [2.24, 2.45) is 0 Å². The molecule has 1 aromatic carbocycles. The van der Waals surface area contributed by atoms with E-state index in [-0.39, 0.29) is 17.9 Å². The summed E-state index contributed by atoms with van der Waals surface area (Å²) < 4.78 is 42.3. The van der Waals surface area contributed by atoms with Crippen LogP contribution in [-0.4, -0.2) is 31.1 Å². The van der Waals surface area contributed by atoms with Crippen LogP contribution in [0.5, 0.6) is 0 Å². The number of aryl methyl sites for hydroxylation is 2. The largest absolute Gasteiger partial charge is 0.466 e. The third-order valence-electron chi connectivity index (χ3n) is 3.38. The van der Waals surface area contributed by atoms with Crippen molar-refractivity contribution in [2.75, 3.05) is 23.7 Å². The normalized spacial score (nSPS) is 11.1. The molecule has 0 saturated carbocycles. The first kappa shape index (κ1) is 19.4. The van der Waals surface area contributed by atoms with E-state index in [1.807, 2.05) is 0 Å². The van der Waals surface area contributed by atoms with Crippen molar-refractivity contribution >= 4 is 23.2 Å². The zero-order valence-electron chi connectivity index (χ0n) is 14.2. The van der Waals surface area contributed by atoms with Crippen LogP contribution in [0.4, 0.5) is 24.5 Å². The van der Waals surface area contributed by atoms with Crippen molar-refractivity contribution in [1.82, 2.24) is 5.32 Å². The zero-order chi connectivity index (χ0) is 19.3. The number of para-hydroxylation sites is 2. The van der Waals surface area contributed by atoms with E-state index < -0.39 is 24.5 Å². The first-order valence-electron chi connectivity index (χ1n) is 7.70. The molecule has 0 unspecified atom stereocenters. The summed E-state index contributed by atoms with van der Waals surface area (Å²) in [6.07, 6.45) is -4.38. The monoisotopic (exact) mass is 369 g/mol. The quantitative estimate of drug-likeness (QED) is 0.730. The van der Waals surface area contributed by atoms with Crippen LogP contribution in [-0.2, 0) is 4.79 Å². The number of hydrogen-bond donors (Lipinski definition) is 3. The average molecular weight is 369 g/mol. The fraction of sp³-hybridized carbons (Fsp3) is 0.294. The molecule has 6 nitrogen and oxygen atoms in total. The van der Waals surface area contributed by atoms with Gasteiger partial charge in [0.15, 0.2) is 0 Å². The van der Waals surface area contributed by atoms with E-state index in [2.05, 4.69) is 16.0 Å². The van der Waals surface area contributed by atoms with Gasteiger partial charge in [-0.3, -0.25) is 9.59 Å². The number of amides is 2. The molecule has 2 amide bonds. The number of rotatable bonds is 6. The van der Waals surface area contributed by atoms with Gasteiger partial charge in [-0.15, -0.1) is 0 Å². The fourth-order valence-corrected chi connectivity index (χ4v) is 2.25. The third kappa shape index (κ3) is 5.54. The topological polar surface area (TPSA) is 83.4 Å². The molecule has 0 radical (unpaired) electrons. The number of halogens is 3. The molecular weight excluding hydrogens is 351 g/mol. The van der Waals surface area contributed by atoms with Gasteiger partial charge >= 0.3 is 6.18 Å². The molecule has 3 N–H and O–H groups in total. The van der Waals surface area contributed by atoms with Crippen molar-refractivity contribution in [2.45, 2.75) is 20.0 Å². The Morgan fingerprint density at radius 3 is 2.35 bits per heavy atom. The maximum Gasteiger partial charge on any atom is 0.405 e. The molecule has 2 rings (SSSR count). The number of carbonyl (C=O) groups is 2. The van der Waals surface area contributed by atoms with Gasteiger partial charge in [-0.05, 0) is 32.0 Å². The second-order valence-electron chi connectivity index (χ2n) is 5.57. The van der Waals surface area contributed by atoms with E-state index in [1.54, 1.807) is 32.0 Å². The van der Waals surface area contributed by atoms with Gasteiger partial charge in [-0.1, -0.05) is 12.1 Å². The highest BCUT2D eigenvalue weighted by Gasteiger charge is 2.27. The maximum absolute atomic E-state index is 12.3. The standard InChI is InChI=1S/C17H18F3N3O3/c1-10-7-12(11(2)26-10)16(25)21-8-15(24)23-14-6-4-3-5-13(14)22-9-17(18,19)20/h3-7,22H,8-9H2,1-2H3,(H,21,25)(H,23,24). The molecular formula is C17H18F3N3O3. The second kappa shape index (κ2) is 7.94. The summed E-state index contributed by atoms with van der Waals surface area (Å²) >= 11 is 0. The first-order chi connectivity index (χ1) is 12.2. The van der Waals surface area contributed by atoms with Crippen molar-refractivity contribution < 1.29 is 27.2 Å². The summed E-state index contributed by atoms with van der Waals surface area (Å²) in [5.74, 6) is -0.0423. The number of hydrogen-bond acceptors (Lipinski definition) is 4. The van der Waals surface area contributed by atoms with Crippen molar-refractivity contribution in [3.8, 4) is 0 Å². The number of benzene rings is 1. The molecule has 9 heteroatoms. The molecule has 140 valence electrons. The van der Waals surface area contributed by atoms with E-state index in [1.165, 1.54) is 12.1 Å². The fourth-order valence-electron chi connectivity index (χ4n) is 2.25. The molecule has 0 atom stereocenters. The first-order valence-corrected chi connectivity index (χ1v) is 7.70. The Kier molecular flexibility index (Phi) is 5.91. The minimum absolute atomic E-state index is 0.130. The Bertz CT molecular complexity index is 800. The van der Waals surface area contributed by atoms with Crippen LogP contribution in [0.1, 0.15) is 21.9 Å². The minimum atomic E-state index is -4.38. The Hall–Kier alpha value is -2.97. The molecule has 0 aliphatic carbocycles. The Balaban J connectivity index is 1.93. The van der Waals surface area contributed by atoms with Gasteiger partial charge in [0.2, 0.25) is 5.91 Å². The summed E-state index contributed by atoms with van der Waals surface area (Å²) in [5, 5.41) is 7.12. The molecule has 1 aromatic heterocycles. The van der Waals surface area contributed by atoms with Gasteiger partial charge in [0, 0.05) is 0 Å². The van der Waals surface area contributed by atoms with Crippen LogP contribution in [0, 0.1) is 13.8 Å². The zero-order valence-corrected chi connectivity index (χ0v) is 14.2. The van der Waals surface area contributed by atoms with Gasteiger partial charge in [0.05, 0.1) is 23.5 Å². The van der Waals surface area contributed by atoms with Crippen LogP contribution in [0.15, 0.2) is 34.7 Å². The molecule has 0 aliphatic rings. The van der Waals surface area contributed by atoms with Crippen LogP contribution < -0.4 is 16.0 Å². The van der Waals surface area contributed by atoms with Crippen LogP contribution in [0.2, 0.25) is 0 Å². The number of alkyl halides is 3. The second-order valence-corrected chi connectivity index (χ2v) is 5.57. The van der Waals surface area contributed by atoms with Gasteiger partial charge < -0.3 is 20.4 Å². The highest BCUT2D eigenvalue weighted by Crippen LogP contribution is 2.23. The number of furan rings is 1. The number of nitrogens with one attached hydrogen (secondary N) is 3. The lowest BCUT2D eigenvalue weighted by Crippen LogP contribution is -2.33. The van der Waals surface area contributed by atoms with E-state index in [9.17, 15) is 22.8 Å². The number of carbonyl (C=O) groups excluding carboxylic acids is 2.